The summed E-state index contributed by atoms with van der Waals surface area (Å²) >= 11 is 0. The average molecular weight is 293 g/mol. The normalized spacial score (nSPS) is 13.0. The van der Waals surface area contributed by atoms with E-state index >= 15 is 0 Å². The van der Waals surface area contributed by atoms with Gasteiger partial charge in [-0.1, -0.05) is 6.07 Å². The van der Waals surface area contributed by atoms with Gasteiger partial charge in [0.25, 0.3) is 5.91 Å². The molecular weight excluding hydrogens is 270 g/mol. The van der Waals surface area contributed by atoms with E-state index in [1.54, 1.807) is 12.0 Å². The summed E-state index contributed by atoms with van der Waals surface area (Å²) in [4.78, 5) is 13.6. The zero-order chi connectivity index (χ0) is 15.1. The first-order valence-electron chi connectivity index (χ1n) is 7.36. The number of rotatable bonds is 8. The lowest BCUT2D eigenvalue weighted by molar-refractivity contribution is -0.134. The van der Waals surface area contributed by atoms with E-state index in [1.165, 1.54) is 17.5 Å². The molecule has 0 aliphatic heterocycles. The molecule has 1 N–H and O–H groups in total. The van der Waals surface area contributed by atoms with E-state index in [-0.39, 0.29) is 19.1 Å². The molecule has 5 heteroatoms. The van der Waals surface area contributed by atoms with E-state index in [0.29, 0.717) is 19.7 Å². The summed E-state index contributed by atoms with van der Waals surface area (Å²) in [6, 6.07) is 6.03. The number of carbonyl (C=O) groups excluding carboxylic acids is 1. The summed E-state index contributed by atoms with van der Waals surface area (Å²) < 4.78 is 10.6. The summed E-state index contributed by atoms with van der Waals surface area (Å²) in [5.74, 6) is 0.598. The molecule has 0 unspecified atom stereocenters. The number of hydrogen-bond acceptors (Lipinski definition) is 4. The molecule has 0 heterocycles. The van der Waals surface area contributed by atoms with E-state index in [4.69, 9.17) is 14.6 Å². The largest absolute Gasteiger partial charge is 0.484 e. The van der Waals surface area contributed by atoms with Crippen molar-refractivity contribution in [2.45, 2.75) is 19.3 Å². The van der Waals surface area contributed by atoms with Crippen molar-refractivity contribution in [1.29, 1.82) is 0 Å². The lowest BCUT2D eigenvalue weighted by atomic mass is 10.1. The fraction of sp³-hybridized carbons (Fsp3) is 0.562. The van der Waals surface area contributed by atoms with Crippen LogP contribution in [0.2, 0.25) is 0 Å². The van der Waals surface area contributed by atoms with Gasteiger partial charge in [-0.3, -0.25) is 4.79 Å². The predicted molar refractivity (Wildman–Crippen MR) is 79.5 cm³/mol. The highest BCUT2D eigenvalue weighted by atomic mass is 16.5. The number of amides is 1. The predicted octanol–water partition coefficient (Wildman–Crippen LogP) is 1.02. The zero-order valence-corrected chi connectivity index (χ0v) is 12.5. The van der Waals surface area contributed by atoms with Gasteiger partial charge >= 0.3 is 0 Å². The number of benzene rings is 1. The van der Waals surface area contributed by atoms with Crippen molar-refractivity contribution >= 4 is 5.91 Å². The van der Waals surface area contributed by atoms with Crippen molar-refractivity contribution in [2.75, 3.05) is 40.0 Å². The van der Waals surface area contributed by atoms with Gasteiger partial charge in [-0.25, -0.2) is 0 Å². The quantitative estimate of drug-likeness (QED) is 0.777. The maximum absolute atomic E-state index is 12.1. The Morgan fingerprint density at radius 2 is 2.10 bits per heavy atom. The van der Waals surface area contributed by atoms with Gasteiger partial charge in [0.2, 0.25) is 0 Å². The highest BCUT2D eigenvalue weighted by Gasteiger charge is 2.15. The van der Waals surface area contributed by atoms with Crippen molar-refractivity contribution in [2.24, 2.45) is 0 Å². The Morgan fingerprint density at radius 3 is 2.86 bits per heavy atom. The first kappa shape index (κ1) is 15.8. The molecule has 1 aromatic carbocycles. The van der Waals surface area contributed by atoms with Crippen LogP contribution in [0.3, 0.4) is 0 Å². The van der Waals surface area contributed by atoms with Crippen LogP contribution in [0, 0.1) is 0 Å². The van der Waals surface area contributed by atoms with E-state index in [1.807, 2.05) is 12.1 Å². The molecule has 1 amide bonds. The number of methoxy groups -OCH3 is 1. The molecule has 0 spiro atoms. The minimum absolute atomic E-state index is 0.0114. The minimum atomic E-state index is -0.137. The van der Waals surface area contributed by atoms with E-state index in [0.717, 1.165) is 18.6 Å². The lowest BCUT2D eigenvalue weighted by Gasteiger charge is -2.21. The van der Waals surface area contributed by atoms with Crippen molar-refractivity contribution in [3.63, 3.8) is 0 Å². The van der Waals surface area contributed by atoms with Crippen molar-refractivity contribution in [3.05, 3.63) is 29.3 Å². The van der Waals surface area contributed by atoms with Crippen molar-refractivity contribution < 1.29 is 19.4 Å². The maximum atomic E-state index is 12.1. The molecule has 2 rings (SSSR count). The third-order valence-corrected chi connectivity index (χ3v) is 3.72. The maximum Gasteiger partial charge on any atom is 0.260 e. The molecule has 116 valence electrons. The van der Waals surface area contributed by atoms with E-state index < -0.39 is 0 Å². The Kier molecular flexibility index (Phi) is 6.02. The first-order chi connectivity index (χ1) is 10.2. The van der Waals surface area contributed by atoms with Crippen LogP contribution in [0.15, 0.2) is 18.2 Å². The number of hydrogen-bond donors (Lipinski definition) is 1. The number of aryl methyl sites for hydroxylation is 2. The SMILES string of the molecule is COCCN(CCO)C(=O)COc1ccc2c(c1)CCC2. The molecule has 0 atom stereocenters. The Morgan fingerprint density at radius 1 is 1.29 bits per heavy atom. The number of aliphatic hydroxyl groups is 1. The van der Waals surface area contributed by atoms with Gasteiger partial charge in [0, 0.05) is 20.2 Å². The summed E-state index contributed by atoms with van der Waals surface area (Å²) in [5, 5.41) is 9.00. The zero-order valence-electron chi connectivity index (χ0n) is 12.5. The van der Waals surface area contributed by atoms with E-state index in [9.17, 15) is 4.79 Å². The molecule has 21 heavy (non-hydrogen) atoms. The molecule has 0 saturated heterocycles. The smallest absolute Gasteiger partial charge is 0.260 e. The third-order valence-electron chi connectivity index (χ3n) is 3.72. The topological polar surface area (TPSA) is 59.0 Å². The number of aliphatic hydroxyl groups excluding tert-OH is 1. The molecule has 1 aliphatic carbocycles. The monoisotopic (exact) mass is 293 g/mol. The summed E-state index contributed by atoms with van der Waals surface area (Å²) in [6.45, 7) is 1.14. The Labute approximate surface area is 125 Å². The molecular formula is C16H23NO4. The van der Waals surface area contributed by atoms with Gasteiger partial charge in [0.05, 0.1) is 13.2 Å². The number of carbonyl (C=O) groups is 1. The van der Waals surface area contributed by atoms with Crippen LogP contribution >= 0.6 is 0 Å². The van der Waals surface area contributed by atoms with Gasteiger partial charge in [0.1, 0.15) is 5.75 Å². The third kappa shape index (κ3) is 4.44. The van der Waals surface area contributed by atoms with Gasteiger partial charge in [-0.15, -0.1) is 0 Å². The molecule has 5 nitrogen and oxygen atoms in total. The van der Waals surface area contributed by atoms with E-state index in [2.05, 4.69) is 6.07 Å². The van der Waals surface area contributed by atoms with Crippen LogP contribution in [0.1, 0.15) is 17.5 Å². The van der Waals surface area contributed by atoms with Crippen LogP contribution < -0.4 is 4.74 Å². The molecule has 1 aromatic rings. The summed E-state index contributed by atoms with van der Waals surface area (Å²) in [5.41, 5.74) is 2.71. The van der Waals surface area contributed by atoms with Crippen LogP contribution in [-0.2, 0) is 22.4 Å². The molecule has 0 aromatic heterocycles. The average Bonchev–Trinajstić information content (AvgIpc) is 2.96. The Hall–Kier alpha value is -1.59. The fourth-order valence-electron chi connectivity index (χ4n) is 2.56. The number of nitrogens with zero attached hydrogens (tertiary/aromatic N) is 1. The van der Waals surface area contributed by atoms with Crippen LogP contribution in [0.25, 0.3) is 0 Å². The van der Waals surface area contributed by atoms with Gasteiger partial charge < -0.3 is 19.5 Å². The summed E-state index contributed by atoms with van der Waals surface area (Å²) in [6.07, 6.45) is 3.42. The van der Waals surface area contributed by atoms with Crippen molar-refractivity contribution in [1.82, 2.24) is 4.90 Å². The standard InChI is InChI=1S/C16H23NO4/c1-20-10-8-17(7-9-18)16(19)12-21-15-6-5-13-3-2-4-14(13)11-15/h5-6,11,18H,2-4,7-10,12H2,1H3. The highest BCUT2D eigenvalue weighted by Crippen LogP contribution is 2.25. The van der Waals surface area contributed by atoms with Crippen LogP contribution in [-0.4, -0.2) is 55.9 Å². The minimum Gasteiger partial charge on any atom is -0.484 e. The van der Waals surface area contributed by atoms with Crippen molar-refractivity contribution in [3.8, 4) is 5.75 Å². The number of fused-ring (bicyclic) bond motifs is 1. The second kappa shape index (κ2) is 8.00. The molecule has 0 bridgehead atoms. The molecule has 0 fully saturated rings. The number of ether oxygens (including phenoxy) is 2. The second-order valence-electron chi connectivity index (χ2n) is 5.17. The Bertz CT molecular complexity index is 475. The molecule has 0 saturated carbocycles. The van der Waals surface area contributed by atoms with Crippen LogP contribution in [0.5, 0.6) is 5.75 Å². The second-order valence-corrected chi connectivity index (χ2v) is 5.17. The Balaban J connectivity index is 1.87. The van der Waals surface area contributed by atoms with Gasteiger partial charge in [0.15, 0.2) is 6.61 Å². The highest BCUT2D eigenvalue weighted by molar-refractivity contribution is 5.77. The van der Waals surface area contributed by atoms with Gasteiger partial charge in [-0.2, -0.15) is 0 Å². The molecule has 0 radical (unpaired) electrons. The van der Waals surface area contributed by atoms with Gasteiger partial charge in [-0.05, 0) is 42.5 Å². The molecule has 1 aliphatic rings. The fourth-order valence-corrected chi connectivity index (χ4v) is 2.56. The van der Waals surface area contributed by atoms with Crippen LogP contribution in [0.4, 0.5) is 0 Å². The first-order valence-corrected chi connectivity index (χ1v) is 7.36. The summed E-state index contributed by atoms with van der Waals surface area (Å²) in [7, 11) is 1.59. The lowest BCUT2D eigenvalue weighted by Crippen LogP contribution is -2.39.